The molecule has 3 aromatic heterocycles. The van der Waals surface area contributed by atoms with E-state index < -0.39 is 0 Å². The molecule has 0 bridgehead atoms. The highest BCUT2D eigenvalue weighted by atomic mass is 32.2. The third kappa shape index (κ3) is 5.05. The number of nitrogen functional groups attached to an aromatic ring is 1. The molecule has 9 nitrogen and oxygen atoms in total. The molecule has 0 atom stereocenters. The summed E-state index contributed by atoms with van der Waals surface area (Å²) in [6.45, 7) is 0. The van der Waals surface area contributed by atoms with Gasteiger partial charge < -0.3 is 5.84 Å². The number of nitrogens with zero attached hydrogens (tertiary/aromatic N) is 7. The van der Waals surface area contributed by atoms with Crippen LogP contribution in [0.1, 0.15) is 12.0 Å². The van der Waals surface area contributed by atoms with Crippen molar-refractivity contribution in [2.45, 2.75) is 11.6 Å². The first kappa shape index (κ1) is 22.7. The molecule has 0 saturated heterocycles. The molecule has 0 aliphatic rings. The number of nitrogens with one attached hydrogen (secondary N) is 1. The molecule has 35 heavy (non-hydrogen) atoms. The Morgan fingerprint density at radius 3 is 2.43 bits per heavy atom. The van der Waals surface area contributed by atoms with E-state index in [4.69, 9.17) is 23.2 Å². The SMILES string of the molecule is Nn1c(SCC/C(=N\n2c(-c3ccccc3)n[nH]c2=S)c2ccccc2)nnc1-c1cccnc1. The highest BCUT2D eigenvalue weighted by Crippen LogP contribution is 2.23. The van der Waals surface area contributed by atoms with Gasteiger partial charge in [-0.3, -0.25) is 4.98 Å². The van der Waals surface area contributed by atoms with E-state index in [0.29, 0.717) is 33.7 Å². The van der Waals surface area contributed by atoms with Gasteiger partial charge >= 0.3 is 0 Å². The van der Waals surface area contributed by atoms with Gasteiger partial charge in [0.1, 0.15) is 0 Å². The van der Waals surface area contributed by atoms with Crippen LogP contribution < -0.4 is 5.84 Å². The third-order valence-corrected chi connectivity index (χ3v) is 6.37. The molecule has 3 heterocycles. The molecule has 174 valence electrons. The van der Waals surface area contributed by atoms with Crippen LogP contribution in [0.3, 0.4) is 0 Å². The largest absolute Gasteiger partial charge is 0.335 e. The Labute approximate surface area is 210 Å². The molecule has 0 unspecified atom stereocenters. The highest BCUT2D eigenvalue weighted by Gasteiger charge is 2.14. The van der Waals surface area contributed by atoms with E-state index in [9.17, 15) is 0 Å². The second-order valence-electron chi connectivity index (χ2n) is 7.46. The van der Waals surface area contributed by atoms with Gasteiger partial charge in [-0.1, -0.05) is 72.4 Å². The summed E-state index contributed by atoms with van der Waals surface area (Å²) in [4.78, 5) is 4.12. The van der Waals surface area contributed by atoms with Gasteiger partial charge in [0, 0.05) is 35.7 Å². The van der Waals surface area contributed by atoms with Crippen molar-refractivity contribution in [1.82, 2.24) is 34.7 Å². The number of hydrogen-bond donors (Lipinski definition) is 2. The lowest BCUT2D eigenvalue weighted by Gasteiger charge is -2.09. The Bertz CT molecular complexity index is 1490. The predicted octanol–water partition coefficient (Wildman–Crippen LogP) is 4.41. The minimum atomic E-state index is 0.424. The Morgan fingerprint density at radius 2 is 1.69 bits per heavy atom. The molecule has 0 saturated carbocycles. The van der Waals surface area contributed by atoms with Crippen LogP contribution in [0.5, 0.6) is 0 Å². The number of aromatic nitrogens is 7. The average Bonchev–Trinajstić information content (AvgIpc) is 3.47. The predicted molar refractivity (Wildman–Crippen MR) is 140 cm³/mol. The Morgan fingerprint density at radius 1 is 0.943 bits per heavy atom. The van der Waals surface area contributed by atoms with Gasteiger partial charge in [0.25, 0.3) is 0 Å². The van der Waals surface area contributed by atoms with E-state index >= 15 is 0 Å². The van der Waals surface area contributed by atoms with Crippen molar-refractivity contribution < 1.29 is 0 Å². The van der Waals surface area contributed by atoms with Gasteiger partial charge in [-0.25, -0.2) is 9.77 Å². The molecule has 0 aliphatic heterocycles. The fraction of sp³-hybridized carbons (Fsp3) is 0.0833. The molecule has 0 amide bonds. The normalized spacial score (nSPS) is 11.6. The summed E-state index contributed by atoms with van der Waals surface area (Å²) in [6.07, 6.45) is 4.06. The van der Waals surface area contributed by atoms with E-state index in [1.807, 2.05) is 72.8 Å². The maximum atomic E-state index is 6.26. The Balaban J connectivity index is 1.41. The number of H-pyrrole nitrogens is 1. The zero-order valence-electron chi connectivity index (χ0n) is 18.5. The maximum absolute atomic E-state index is 6.26. The van der Waals surface area contributed by atoms with Crippen molar-refractivity contribution >= 4 is 29.7 Å². The zero-order chi connectivity index (χ0) is 24.0. The monoisotopic (exact) mass is 499 g/mol. The second kappa shape index (κ2) is 10.5. The van der Waals surface area contributed by atoms with Gasteiger partial charge in [-0.05, 0) is 29.9 Å². The highest BCUT2D eigenvalue weighted by molar-refractivity contribution is 7.99. The summed E-state index contributed by atoms with van der Waals surface area (Å²) < 4.78 is 3.58. The van der Waals surface area contributed by atoms with E-state index in [1.165, 1.54) is 16.4 Å². The molecule has 5 aromatic rings. The Hall–Kier alpha value is -4.09. The van der Waals surface area contributed by atoms with Gasteiger partial charge in [0.05, 0.1) is 5.71 Å². The first-order valence-corrected chi connectivity index (χ1v) is 12.2. The van der Waals surface area contributed by atoms with Gasteiger partial charge in [0.2, 0.25) is 9.93 Å². The van der Waals surface area contributed by atoms with E-state index in [1.54, 1.807) is 17.1 Å². The van der Waals surface area contributed by atoms with Crippen molar-refractivity contribution in [3.05, 3.63) is 95.5 Å². The number of aromatic amines is 1. The number of thioether (sulfide) groups is 1. The molecular weight excluding hydrogens is 478 g/mol. The van der Waals surface area contributed by atoms with Gasteiger partial charge in [-0.2, -0.15) is 14.9 Å². The Kier molecular flexibility index (Phi) is 6.77. The molecule has 3 N–H and O–H groups in total. The zero-order valence-corrected chi connectivity index (χ0v) is 20.2. The molecule has 0 fully saturated rings. The van der Waals surface area contributed by atoms with Crippen molar-refractivity contribution in [3.63, 3.8) is 0 Å². The van der Waals surface area contributed by atoms with E-state index in [0.717, 1.165) is 22.4 Å². The third-order valence-electron chi connectivity index (χ3n) is 5.16. The smallest absolute Gasteiger partial charge is 0.216 e. The van der Waals surface area contributed by atoms with Crippen molar-refractivity contribution in [1.29, 1.82) is 0 Å². The van der Waals surface area contributed by atoms with E-state index in [-0.39, 0.29) is 0 Å². The second-order valence-corrected chi connectivity index (χ2v) is 8.91. The number of rotatable bonds is 8. The fourth-order valence-electron chi connectivity index (χ4n) is 3.47. The fourth-order valence-corrected chi connectivity index (χ4v) is 4.44. The lowest BCUT2D eigenvalue weighted by molar-refractivity contribution is 0.847. The summed E-state index contributed by atoms with van der Waals surface area (Å²) in [6, 6.07) is 23.6. The topological polar surface area (TPSA) is 116 Å². The van der Waals surface area contributed by atoms with Gasteiger partial charge in [-0.15, -0.1) is 10.2 Å². The molecule has 0 radical (unpaired) electrons. The summed E-state index contributed by atoms with van der Waals surface area (Å²) in [7, 11) is 0. The van der Waals surface area contributed by atoms with Crippen molar-refractivity contribution in [3.8, 4) is 22.8 Å². The molecule has 5 rings (SSSR count). The standard InChI is InChI=1S/C24H21N9S2/c25-32-21(19-12-7-14-26-16-19)27-30-24(32)35-15-13-20(17-8-3-1-4-9-17)31-33-22(28-29-23(33)34)18-10-5-2-6-11-18/h1-12,14,16H,13,15,25H2,(H,29,34)/b31-20+. The lowest BCUT2D eigenvalue weighted by atomic mass is 10.1. The molecular formula is C24H21N9S2. The molecule has 0 aliphatic carbocycles. The summed E-state index contributed by atoms with van der Waals surface area (Å²) >= 11 is 6.99. The number of nitrogens with two attached hydrogens (primary N) is 1. The van der Waals surface area contributed by atoms with Crippen molar-refractivity contribution in [2.75, 3.05) is 11.6 Å². The minimum absolute atomic E-state index is 0.424. The first-order valence-electron chi connectivity index (χ1n) is 10.8. The van der Waals surface area contributed by atoms with Crippen LogP contribution in [-0.4, -0.2) is 46.2 Å². The van der Waals surface area contributed by atoms with Crippen LogP contribution >= 0.6 is 24.0 Å². The molecule has 0 spiro atoms. The van der Waals surface area contributed by atoms with Crippen LogP contribution in [0.2, 0.25) is 0 Å². The van der Waals surface area contributed by atoms with Gasteiger partial charge in [0.15, 0.2) is 11.6 Å². The van der Waals surface area contributed by atoms with Crippen LogP contribution in [0.15, 0.2) is 95.4 Å². The maximum Gasteiger partial charge on any atom is 0.216 e. The average molecular weight is 500 g/mol. The van der Waals surface area contributed by atoms with Crippen LogP contribution in [0.25, 0.3) is 22.8 Å². The quantitative estimate of drug-likeness (QED) is 0.141. The summed E-state index contributed by atoms with van der Waals surface area (Å²) in [5.41, 5.74) is 3.59. The number of benzene rings is 2. The number of hydrogen-bond acceptors (Lipinski definition) is 8. The van der Waals surface area contributed by atoms with Crippen LogP contribution in [0, 0.1) is 4.77 Å². The molecule has 2 aromatic carbocycles. The first-order chi connectivity index (χ1) is 17.2. The van der Waals surface area contributed by atoms with E-state index in [2.05, 4.69) is 25.4 Å². The summed E-state index contributed by atoms with van der Waals surface area (Å²) in [5, 5.41) is 21.3. The van der Waals surface area contributed by atoms with Crippen molar-refractivity contribution in [2.24, 2.45) is 5.10 Å². The molecule has 11 heteroatoms. The lowest BCUT2D eigenvalue weighted by Crippen LogP contribution is -2.12. The van der Waals surface area contributed by atoms with Crippen LogP contribution in [-0.2, 0) is 0 Å². The number of pyridine rings is 1. The minimum Gasteiger partial charge on any atom is -0.335 e. The van der Waals surface area contributed by atoms with Crippen LogP contribution in [0.4, 0.5) is 0 Å². The summed E-state index contributed by atoms with van der Waals surface area (Å²) in [5.74, 6) is 8.16.